The molecule has 2 aromatic carbocycles. The van der Waals surface area contributed by atoms with Gasteiger partial charge in [-0.3, -0.25) is 13.9 Å². The van der Waals surface area contributed by atoms with Crippen molar-refractivity contribution in [1.82, 2.24) is 0 Å². The molecule has 184 valence electrons. The van der Waals surface area contributed by atoms with Crippen LogP contribution in [-0.2, 0) is 35.5 Å². The number of ether oxygens (including phenoxy) is 3. The normalized spacial score (nSPS) is 15.8. The molecule has 0 spiro atoms. The van der Waals surface area contributed by atoms with Gasteiger partial charge in [-0.2, -0.15) is 0 Å². The third kappa shape index (κ3) is 5.98. The summed E-state index contributed by atoms with van der Waals surface area (Å²) in [6, 6.07) is 7.73. The number of fused-ring (bicyclic) bond motifs is 1. The van der Waals surface area contributed by atoms with E-state index in [1.165, 1.54) is 19.2 Å². The van der Waals surface area contributed by atoms with E-state index in [0.717, 1.165) is 22.5 Å². The molecule has 0 amide bonds. The molecule has 34 heavy (non-hydrogen) atoms. The summed E-state index contributed by atoms with van der Waals surface area (Å²) in [7, 11) is -3.01. The topological polar surface area (TPSA) is 99.2 Å². The van der Waals surface area contributed by atoms with Gasteiger partial charge in [0.1, 0.15) is 23.3 Å². The highest BCUT2D eigenvalue weighted by atomic mass is 35.5. The van der Waals surface area contributed by atoms with Crippen LogP contribution < -0.4 is 9.04 Å². The van der Waals surface area contributed by atoms with Crippen molar-refractivity contribution in [2.45, 2.75) is 50.2 Å². The van der Waals surface area contributed by atoms with Gasteiger partial charge in [-0.1, -0.05) is 17.7 Å². The van der Waals surface area contributed by atoms with Gasteiger partial charge in [0.2, 0.25) is 0 Å². The number of sulfonamides is 1. The predicted molar refractivity (Wildman–Crippen MR) is 123 cm³/mol. The Morgan fingerprint density at radius 1 is 1.18 bits per heavy atom. The zero-order chi connectivity index (χ0) is 25.3. The number of carbonyl (C=O) groups excluding carboxylic acids is 2. The summed E-state index contributed by atoms with van der Waals surface area (Å²) in [6.45, 7) is 5.02. The van der Waals surface area contributed by atoms with Crippen LogP contribution in [-0.4, -0.2) is 45.7 Å². The summed E-state index contributed by atoms with van der Waals surface area (Å²) >= 11 is 5.82. The fourth-order valence-corrected chi connectivity index (χ4v) is 5.15. The van der Waals surface area contributed by atoms with Crippen LogP contribution in [0.3, 0.4) is 0 Å². The van der Waals surface area contributed by atoms with Gasteiger partial charge in [0.15, 0.2) is 0 Å². The van der Waals surface area contributed by atoms with Crippen molar-refractivity contribution >= 4 is 39.3 Å². The minimum absolute atomic E-state index is 0.0909. The third-order valence-electron chi connectivity index (χ3n) is 4.82. The quantitative estimate of drug-likeness (QED) is 0.540. The molecule has 1 aliphatic heterocycles. The lowest BCUT2D eigenvalue weighted by Crippen LogP contribution is -2.44. The van der Waals surface area contributed by atoms with Gasteiger partial charge in [0.25, 0.3) is 10.0 Å². The lowest BCUT2D eigenvalue weighted by atomic mass is 10.1. The van der Waals surface area contributed by atoms with Crippen LogP contribution in [0.25, 0.3) is 0 Å². The molecule has 0 N–H and O–H groups in total. The first-order chi connectivity index (χ1) is 15.8. The summed E-state index contributed by atoms with van der Waals surface area (Å²) in [4.78, 5) is 23.9. The number of methoxy groups -OCH3 is 1. The van der Waals surface area contributed by atoms with E-state index in [-0.39, 0.29) is 40.7 Å². The number of rotatable bonds is 6. The van der Waals surface area contributed by atoms with Crippen LogP contribution in [0.1, 0.15) is 32.8 Å². The molecule has 8 nitrogen and oxygen atoms in total. The van der Waals surface area contributed by atoms with Gasteiger partial charge in [0.05, 0.1) is 42.1 Å². The minimum atomic E-state index is -4.23. The number of nitrogens with zero attached hydrogens (tertiary/aromatic N) is 1. The number of esters is 2. The van der Waals surface area contributed by atoms with E-state index in [1.807, 2.05) is 0 Å². The van der Waals surface area contributed by atoms with E-state index in [1.54, 1.807) is 26.8 Å². The highest BCUT2D eigenvalue weighted by Crippen LogP contribution is 2.39. The zero-order valence-electron chi connectivity index (χ0n) is 19.1. The highest BCUT2D eigenvalue weighted by molar-refractivity contribution is 7.92. The Labute approximate surface area is 202 Å². The Morgan fingerprint density at radius 3 is 2.50 bits per heavy atom. The molecule has 0 saturated carbocycles. The first-order valence-electron chi connectivity index (χ1n) is 10.4. The Morgan fingerprint density at radius 2 is 1.88 bits per heavy atom. The Balaban J connectivity index is 2.02. The summed E-state index contributed by atoms with van der Waals surface area (Å²) in [5.41, 5.74) is -0.00445. The second kappa shape index (κ2) is 9.79. The van der Waals surface area contributed by atoms with Crippen LogP contribution in [0, 0.1) is 5.82 Å². The molecule has 0 aliphatic carbocycles. The molecule has 1 atom stereocenters. The van der Waals surface area contributed by atoms with Crippen molar-refractivity contribution in [2.24, 2.45) is 0 Å². The lowest BCUT2D eigenvalue weighted by molar-refractivity contribution is -0.154. The molecule has 2 aromatic rings. The monoisotopic (exact) mass is 513 g/mol. The molecule has 0 unspecified atom stereocenters. The minimum Gasteiger partial charge on any atom is -0.486 e. The van der Waals surface area contributed by atoms with E-state index < -0.39 is 39.5 Å². The van der Waals surface area contributed by atoms with Crippen molar-refractivity contribution < 1.29 is 36.6 Å². The Hall–Kier alpha value is -2.85. The summed E-state index contributed by atoms with van der Waals surface area (Å²) in [5, 5.41) is -0.348. The molecular formula is C23H25ClFNO7S. The zero-order valence-corrected chi connectivity index (χ0v) is 20.7. The molecule has 1 heterocycles. The maximum Gasteiger partial charge on any atom is 0.310 e. The maximum absolute atomic E-state index is 13.6. The van der Waals surface area contributed by atoms with Crippen LogP contribution in [0.15, 0.2) is 41.3 Å². The number of hydrogen-bond acceptors (Lipinski definition) is 7. The van der Waals surface area contributed by atoms with E-state index in [0.29, 0.717) is 5.56 Å². The highest BCUT2D eigenvalue weighted by Gasteiger charge is 2.36. The Kier molecular flexibility index (Phi) is 7.42. The van der Waals surface area contributed by atoms with Gasteiger partial charge in [-0.25, -0.2) is 12.8 Å². The molecule has 0 radical (unpaired) electrons. The molecule has 0 saturated heterocycles. The van der Waals surface area contributed by atoms with E-state index in [9.17, 15) is 22.4 Å². The Bertz CT molecular complexity index is 1210. The number of halogens is 2. The van der Waals surface area contributed by atoms with Crippen LogP contribution >= 0.6 is 11.6 Å². The van der Waals surface area contributed by atoms with Gasteiger partial charge < -0.3 is 14.2 Å². The number of benzene rings is 2. The second-order valence-electron chi connectivity index (χ2n) is 8.70. The molecule has 0 fully saturated rings. The standard InChI is InChI=1S/C23H25ClFNO7S/c1-23(2,3)33-22(28)10-14-5-8-20-19(9-14)26(13-15(32-20)11-21(27)31-4)34(29,30)16-6-7-18(25)17(24)12-16/h5-9,12,15H,10-11,13H2,1-4H3/t15-/m0/s1. The van der Waals surface area contributed by atoms with Crippen molar-refractivity contribution in [1.29, 1.82) is 0 Å². The van der Waals surface area contributed by atoms with Crippen molar-refractivity contribution in [2.75, 3.05) is 18.0 Å². The molecule has 3 rings (SSSR count). The van der Waals surface area contributed by atoms with Crippen molar-refractivity contribution in [3.8, 4) is 5.75 Å². The fraction of sp³-hybridized carbons (Fsp3) is 0.391. The van der Waals surface area contributed by atoms with Crippen molar-refractivity contribution in [3.63, 3.8) is 0 Å². The molecular weight excluding hydrogens is 489 g/mol. The second-order valence-corrected chi connectivity index (χ2v) is 11.0. The van der Waals surface area contributed by atoms with Gasteiger partial charge in [-0.05, 0) is 56.7 Å². The first-order valence-corrected chi connectivity index (χ1v) is 12.2. The van der Waals surface area contributed by atoms with Crippen molar-refractivity contribution in [3.05, 3.63) is 52.8 Å². The average molecular weight is 514 g/mol. The first kappa shape index (κ1) is 25.8. The SMILES string of the molecule is COC(=O)C[C@H]1CN(S(=O)(=O)c2ccc(F)c(Cl)c2)c2cc(CC(=O)OC(C)(C)C)ccc2O1. The largest absolute Gasteiger partial charge is 0.486 e. The van der Waals surface area contributed by atoms with Crippen LogP contribution in [0.5, 0.6) is 5.75 Å². The molecule has 0 aromatic heterocycles. The number of carbonyl (C=O) groups is 2. The summed E-state index contributed by atoms with van der Waals surface area (Å²) in [5.74, 6) is -1.61. The maximum atomic E-state index is 13.6. The molecule has 11 heteroatoms. The summed E-state index contributed by atoms with van der Waals surface area (Å²) < 4.78 is 57.6. The van der Waals surface area contributed by atoms with Gasteiger partial charge in [-0.15, -0.1) is 0 Å². The van der Waals surface area contributed by atoms with E-state index >= 15 is 0 Å². The third-order valence-corrected chi connectivity index (χ3v) is 6.89. The number of anilines is 1. The molecule has 0 bridgehead atoms. The predicted octanol–water partition coefficient (Wildman–Crippen LogP) is 3.88. The van der Waals surface area contributed by atoms with E-state index in [2.05, 4.69) is 4.74 Å². The fourth-order valence-electron chi connectivity index (χ4n) is 3.38. The van der Waals surface area contributed by atoms with Crippen LogP contribution in [0.2, 0.25) is 5.02 Å². The van der Waals surface area contributed by atoms with Gasteiger partial charge in [0, 0.05) is 0 Å². The number of hydrogen-bond donors (Lipinski definition) is 0. The average Bonchev–Trinajstić information content (AvgIpc) is 2.73. The van der Waals surface area contributed by atoms with E-state index in [4.69, 9.17) is 21.1 Å². The van der Waals surface area contributed by atoms with Gasteiger partial charge >= 0.3 is 11.9 Å². The lowest BCUT2D eigenvalue weighted by Gasteiger charge is -2.35. The smallest absolute Gasteiger partial charge is 0.310 e. The molecule has 1 aliphatic rings. The summed E-state index contributed by atoms with van der Waals surface area (Å²) in [6.07, 6.45) is -1.11. The van der Waals surface area contributed by atoms with Crippen LogP contribution in [0.4, 0.5) is 10.1 Å².